The first kappa shape index (κ1) is 25.3. The lowest BCUT2D eigenvalue weighted by atomic mass is 10.0. The molecular formula is C28H24FN3O5S. The summed E-state index contributed by atoms with van der Waals surface area (Å²) < 4.78 is 47.7. The van der Waals surface area contributed by atoms with Crippen molar-refractivity contribution in [1.29, 1.82) is 0 Å². The lowest BCUT2D eigenvalue weighted by Gasteiger charge is -2.17. The summed E-state index contributed by atoms with van der Waals surface area (Å²) in [4.78, 5) is 21.2. The quantitative estimate of drug-likeness (QED) is 0.224. The number of terminal acetylenes is 1. The van der Waals surface area contributed by atoms with E-state index in [1.54, 1.807) is 18.2 Å². The van der Waals surface area contributed by atoms with Gasteiger partial charge in [0.25, 0.3) is 0 Å². The van der Waals surface area contributed by atoms with Gasteiger partial charge in [-0.25, -0.2) is 0 Å². The Labute approximate surface area is 218 Å². The summed E-state index contributed by atoms with van der Waals surface area (Å²) in [5.74, 6) is 2.92. The average Bonchev–Trinajstić information content (AvgIpc) is 3.25. The first-order valence-corrected chi connectivity index (χ1v) is 13.2. The molecule has 0 saturated heterocycles. The van der Waals surface area contributed by atoms with Crippen LogP contribution in [0.5, 0.6) is 11.5 Å². The maximum atomic E-state index is 13.9. The van der Waals surface area contributed by atoms with Gasteiger partial charge in [0.2, 0.25) is 0 Å². The minimum Gasteiger partial charge on any atom is -0.493 e. The van der Waals surface area contributed by atoms with Crippen molar-refractivity contribution < 1.29 is 21.2 Å². The highest BCUT2D eigenvalue weighted by Crippen LogP contribution is 2.37. The third-order valence-corrected chi connectivity index (χ3v) is 6.58. The lowest BCUT2D eigenvalue weighted by Crippen LogP contribution is -2.12. The van der Waals surface area contributed by atoms with Crippen LogP contribution in [0.15, 0.2) is 53.6 Å². The van der Waals surface area contributed by atoms with E-state index in [1.165, 1.54) is 12.3 Å². The highest BCUT2D eigenvalue weighted by molar-refractivity contribution is 7.81. The van der Waals surface area contributed by atoms with Crippen molar-refractivity contribution in [2.75, 3.05) is 6.61 Å². The number of halogens is 1. The molecule has 8 nitrogen and oxygen atoms in total. The van der Waals surface area contributed by atoms with Crippen molar-refractivity contribution in [3.8, 4) is 35.0 Å². The number of hydrogen-bond acceptors (Lipinski definition) is 6. The molecule has 5 rings (SSSR count). The summed E-state index contributed by atoms with van der Waals surface area (Å²) in [5, 5.41) is 1.77. The SMILES string of the molecule is C#Cc1ccc2c(c1)[nH]c1c2c(=O)c2cc(OCC(C)C)c(-c3cncc(OS(=O)(=O)F)c3)cc2n1CC. The van der Waals surface area contributed by atoms with Crippen LogP contribution in [0.4, 0.5) is 3.89 Å². The fraction of sp³-hybridized carbons (Fsp3) is 0.214. The summed E-state index contributed by atoms with van der Waals surface area (Å²) in [6.45, 7) is 6.86. The summed E-state index contributed by atoms with van der Waals surface area (Å²) in [7, 11) is -5.23. The van der Waals surface area contributed by atoms with Crippen molar-refractivity contribution in [3.63, 3.8) is 0 Å². The number of fused-ring (bicyclic) bond motifs is 4. The maximum absolute atomic E-state index is 13.9. The number of benzene rings is 2. The van der Waals surface area contributed by atoms with Gasteiger partial charge in [-0.2, -0.15) is 8.42 Å². The van der Waals surface area contributed by atoms with E-state index in [-0.39, 0.29) is 17.1 Å². The second-order valence-corrected chi connectivity index (χ2v) is 10.2. The molecule has 0 atom stereocenters. The molecule has 0 aliphatic rings. The molecular weight excluding hydrogens is 509 g/mol. The summed E-state index contributed by atoms with van der Waals surface area (Å²) in [6.07, 6.45) is 8.15. The third-order valence-electron chi connectivity index (χ3n) is 6.18. The third kappa shape index (κ3) is 4.57. The van der Waals surface area contributed by atoms with Gasteiger partial charge in [0, 0.05) is 40.3 Å². The van der Waals surface area contributed by atoms with E-state index in [4.69, 9.17) is 11.2 Å². The fourth-order valence-electron chi connectivity index (χ4n) is 4.59. The lowest BCUT2D eigenvalue weighted by molar-refractivity contribution is 0.272. The van der Waals surface area contributed by atoms with Gasteiger partial charge < -0.3 is 18.5 Å². The predicted molar refractivity (Wildman–Crippen MR) is 145 cm³/mol. The Morgan fingerprint density at radius 1 is 1.16 bits per heavy atom. The Kier molecular flexibility index (Phi) is 6.33. The molecule has 3 aromatic heterocycles. The van der Waals surface area contributed by atoms with Crippen molar-refractivity contribution in [1.82, 2.24) is 14.5 Å². The van der Waals surface area contributed by atoms with Gasteiger partial charge in [-0.1, -0.05) is 29.7 Å². The van der Waals surface area contributed by atoms with Gasteiger partial charge in [-0.05, 0) is 43.2 Å². The molecule has 0 bridgehead atoms. The molecule has 0 fully saturated rings. The number of pyridine rings is 2. The standard InChI is InChI=1S/C28H24FN3O5S/c1-5-17-7-8-20-23(9-17)31-28-26(20)27(33)22-12-25(36-15-16(3)4)21(11-24(22)32(28)6-2)18-10-19(14-30-13-18)37-38(29,34)35/h1,7-14,16,31H,6,15H2,2-4H3. The first-order valence-electron chi connectivity index (χ1n) is 11.9. The van der Waals surface area contributed by atoms with E-state index < -0.39 is 10.5 Å². The van der Waals surface area contributed by atoms with Crippen LogP contribution in [0.25, 0.3) is 44.0 Å². The molecule has 194 valence electrons. The molecule has 38 heavy (non-hydrogen) atoms. The number of aromatic nitrogens is 3. The molecule has 2 aromatic carbocycles. The number of ether oxygens (including phenoxy) is 1. The van der Waals surface area contributed by atoms with E-state index in [9.17, 15) is 17.1 Å². The van der Waals surface area contributed by atoms with Gasteiger partial charge in [-0.3, -0.25) is 9.78 Å². The van der Waals surface area contributed by atoms with Gasteiger partial charge in [0.1, 0.15) is 11.4 Å². The van der Waals surface area contributed by atoms with Crippen LogP contribution in [0, 0.1) is 18.3 Å². The average molecular weight is 534 g/mol. The smallest absolute Gasteiger partial charge is 0.488 e. The molecule has 5 aromatic rings. The highest BCUT2D eigenvalue weighted by Gasteiger charge is 2.20. The maximum Gasteiger partial charge on any atom is 0.488 e. The van der Waals surface area contributed by atoms with Gasteiger partial charge in [0.05, 0.1) is 29.1 Å². The van der Waals surface area contributed by atoms with Crippen molar-refractivity contribution in [2.24, 2.45) is 5.92 Å². The normalized spacial score (nSPS) is 11.9. The second kappa shape index (κ2) is 9.50. The van der Waals surface area contributed by atoms with Crippen LogP contribution >= 0.6 is 0 Å². The molecule has 0 unspecified atom stereocenters. The Bertz CT molecular complexity index is 1930. The number of nitrogens with one attached hydrogen (secondary N) is 1. The zero-order chi connectivity index (χ0) is 27.2. The molecule has 0 spiro atoms. The zero-order valence-electron chi connectivity index (χ0n) is 20.9. The Morgan fingerprint density at radius 2 is 1.95 bits per heavy atom. The number of aromatic amines is 1. The molecule has 0 aliphatic carbocycles. The van der Waals surface area contributed by atoms with E-state index >= 15 is 0 Å². The van der Waals surface area contributed by atoms with Gasteiger partial charge >= 0.3 is 10.5 Å². The number of H-pyrrole nitrogens is 1. The zero-order valence-corrected chi connectivity index (χ0v) is 21.7. The number of rotatable bonds is 7. The van der Waals surface area contributed by atoms with Gasteiger partial charge in [0.15, 0.2) is 11.2 Å². The van der Waals surface area contributed by atoms with Crippen molar-refractivity contribution in [3.05, 3.63) is 64.6 Å². The summed E-state index contributed by atoms with van der Waals surface area (Å²) in [6, 6.07) is 10.3. The molecule has 3 heterocycles. The highest BCUT2D eigenvalue weighted by atomic mass is 32.3. The number of nitrogens with zero attached hydrogens (tertiary/aromatic N) is 2. The molecule has 10 heteroatoms. The Balaban J connectivity index is 1.83. The minimum atomic E-state index is -5.23. The van der Waals surface area contributed by atoms with E-state index in [0.717, 1.165) is 17.1 Å². The fourth-order valence-corrected chi connectivity index (χ4v) is 4.91. The Hall–Kier alpha value is -4.36. The van der Waals surface area contributed by atoms with Gasteiger partial charge in [-0.15, -0.1) is 6.42 Å². The van der Waals surface area contributed by atoms with E-state index in [0.29, 0.717) is 57.5 Å². The van der Waals surface area contributed by atoms with Crippen LogP contribution in [0.2, 0.25) is 0 Å². The second-order valence-electron chi connectivity index (χ2n) is 9.28. The Morgan fingerprint density at radius 3 is 2.63 bits per heavy atom. The molecule has 0 saturated carbocycles. The van der Waals surface area contributed by atoms with E-state index in [1.807, 2.05) is 37.5 Å². The molecule has 1 N–H and O–H groups in total. The monoisotopic (exact) mass is 533 g/mol. The van der Waals surface area contributed by atoms with Crippen LogP contribution in [0.3, 0.4) is 0 Å². The predicted octanol–water partition coefficient (Wildman–Crippen LogP) is 5.33. The minimum absolute atomic E-state index is 0.168. The molecule has 0 amide bonds. The van der Waals surface area contributed by atoms with Crippen LogP contribution in [-0.2, 0) is 17.0 Å². The largest absolute Gasteiger partial charge is 0.493 e. The number of aryl methyl sites for hydroxylation is 1. The molecule has 0 aliphatic heterocycles. The van der Waals surface area contributed by atoms with Crippen LogP contribution in [0.1, 0.15) is 26.3 Å². The molecule has 0 radical (unpaired) electrons. The number of hydrogen-bond donors (Lipinski definition) is 1. The summed E-state index contributed by atoms with van der Waals surface area (Å²) >= 11 is 0. The van der Waals surface area contributed by atoms with Crippen molar-refractivity contribution >= 4 is 43.3 Å². The van der Waals surface area contributed by atoms with E-state index in [2.05, 4.69) is 20.1 Å². The first-order chi connectivity index (χ1) is 18.1. The van der Waals surface area contributed by atoms with Crippen molar-refractivity contribution in [2.45, 2.75) is 27.3 Å². The summed E-state index contributed by atoms with van der Waals surface area (Å²) in [5.41, 5.74) is 3.53. The van der Waals surface area contributed by atoms with Crippen LogP contribution in [-0.4, -0.2) is 29.6 Å². The topological polar surface area (TPSA) is 103 Å². The van der Waals surface area contributed by atoms with Crippen LogP contribution < -0.4 is 14.3 Å².